The van der Waals surface area contributed by atoms with Crippen molar-refractivity contribution < 1.29 is 13.5 Å². The van der Waals surface area contributed by atoms with Crippen LogP contribution in [0.25, 0.3) is 22.3 Å². The molecular weight excluding hydrogens is 412 g/mol. The van der Waals surface area contributed by atoms with E-state index in [1.165, 1.54) is 31.9 Å². The number of nitrogens with zero attached hydrogens (tertiary/aromatic N) is 3. The van der Waals surface area contributed by atoms with Crippen molar-refractivity contribution in [1.29, 1.82) is 0 Å². The first-order valence-corrected chi connectivity index (χ1v) is 9.51. The number of benzene rings is 2. The summed E-state index contributed by atoms with van der Waals surface area (Å²) < 4.78 is 33.5. The van der Waals surface area contributed by atoms with E-state index in [1.807, 2.05) is 6.92 Å². The lowest BCUT2D eigenvalue weighted by atomic mass is 9.93. The van der Waals surface area contributed by atoms with Gasteiger partial charge in [-0.25, -0.2) is 23.7 Å². The molecule has 0 fully saturated rings. The number of hydrogen-bond donors (Lipinski definition) is 2. The van der Waals surface area contributed by atoms with E-state index < -0.39 is 11.6 Å². The van der Waals surface area contributed by atoms with E-state index in [0.29, 0.717) is 50.0 Å². The van der Waals surface area contributed by atoms with Gasteiger partial charge >= 0.3 is 0 Å². The molecule has 0 bridgehead atoms. The highest BCUT2D eigenvalue weighted by atomic mass is 35.5. The molecule has 1 unspecified atom stereocenters. The minimum absolute atomic E-state index is 0.309. The van der Waals surface area contributed by atoms with Crippen LogP contribution in [0.2, 0.25) is 5.02 Å². The molecule has 0 saturated carbocycles. The van der Waals surface area contributed by atoms with Gasteiger partial charge in [0.1, 0.15) is 29.2 Å². The molecule has 4 aromatic rings. The van der Waals surface area contributed by atoms with E-state index in [-0.39, 0.29) is 6.04 Å². The Morgan fingerprint density at radius 3 is 2.53 bits per heavy atom. The molecule has 2 aromatic heterocycles. The van der Waals surface area contributed by atoms with Crippen LogP contribution < -0.4 is 10.1 Å². The molecule has 4 rings (SSSR count). The second kappa shape index (κ2) is 7.87. The van der Waals surface area contributed by atoms with Crippen molar-refractivity contribution in [1.82, 2.24) is 19.9 Å². The molecule has 2 heterocycles. The monoisotopic (exact) mass is 429 g/mol. The second-order valence-corrected chi connectivity index (χ2v) is 7.24. The summed E-state index contributed by atoms with van der Waals surface area (Å²) in [6.07, 6.45) is 2.95. The summed E-state index contributed by atoms with van der Waals surface area (Å²) in [7, 11) is 1.51. The Kier molecular flexibility index (Phi) is 5.26. The minimum Gasteiger partial charge on any atom is -0.496 e. The Balaban J connectivity index is 1.83. The number of halogens is 3. The van der Waals surface area contributed by atoms with Gasteiger partial charge in [0.2, 0.25) is 0 Å². The van der Waals surface area contributed by atoms with Crippen molar-refractivity contribution in [2.45, 2.75) is 19.9 Å². The first kappa shape index (κ1) is 20.0. The topological polar surface area (TPSA) is 75.7 Å². The Morgan fingerprint density at radius 2 is 1.83 bits per heavy atom. The fourth-order valence-electron chi connectivity index (χ4n) is 3.49. The fraction of sp³-hybridized carbons (Fsp3) is 0.190. The summed E-state index contributed by atoms with van der Waals surface area (Å²) in [6, 6.07) is 4.80. The largest absolute Gasteiger partial charge is 0.496 e. The maximum atomic E-state index is 13.9. The molecule has 0 saturated heterocycles. The highest BCUT2D eigenvalue weighted by molar-refractivity contribution is 6.32. The molecule has 2 N–H and O–H groups in total. The normalized spacial score (nSPS) is 12.2. The molecule has 154 valence electrons. The highest BCUT2D eigenvalue weighted by Gasteiger charge is 2.22. The van der Waals surface area contributed by atoms with Crippen molar-refractivity contribution in [2.24, 2.45) is 0 Å². The van der Waals surface area contributed by atoms with E-state index in [1.54, 1.807) is 13.0 Å². The van der Waals surface area contributed by atoms with Gasteiger partial charge in [-0.15, -0.1) is 0 Å². The number of nitrogens with one attached hydrogen (secondary N) is 2. The number of rotatable bonds is 5. The number of anilines is 1. The van der Waals surface area contributed by atoms with Gasteiger partial charge in [0, 0.05) is 22.2 Å². The molecule has 6 nitrogen and oxygen atoms in total. The molecule has 0 spiro atoms. The molecule has 0 aliphatic heterocycles. The van der Waals surface area contributed by atoms with E-state index in [4.69, 9.17) is 16.3 Å². The first-order valence-electron chi connectivity index (χ1n) is 9.13. The SMILES string of the molecule is COc1c(C(C)Nc2ncnc3nc[nH]c23)cc(Cl)c(C)c1-c1cc(F)cc(F)c1. The number of ether oxygens (including phenoxy) is 1. The van der Waals surface area contributed by atoms with E-state index >= 15 is 0 Å². The molecule has 2 aromatic carbocycles. The quantitative estimate of drug-likeness (QED) is 0.441. The van der Waals surface area contributed by atoms with Crippen LogP contribution in [0, 0.1) is 18.6 Å². The van der Waals surface area contributed by atoms with Crippen molar-refractivity contribution >= 4 is 28.6 Å². The number of hydrogen-bond acceptors (Lipinski definition) is 5. The zero-order valence-corrected chi connectivity index (χ0v) is 17.2. The first-order chi connectivity index (χ1) is 14.4. The van der Waals surface area contributed by atoms with Gasteiger partial charge in [0.15, 0.2) is 11.5 Å². The zero-order valence-electron chi connectivity index (χ0n) is 16.4. The second-order valence-electron chi connectivity index (χ2n) is 6.83. The lowest BCUT2D eigenvalue weighted by Crippen LogP contribution is -2.11. The molecule has 0 aliphatic rings. The molecule has 0 amide bonds. The van der Waals surface area contributed by atoms with E-state index in [0.717, 1.165) is 6.07 Å². The van der Waals surface area contributed by atoms with Crippen LogP contribution in [0.4, 0.5) is 14.6 Å². The molecular formula is C21H18ClF2N5O. The number of aromatic amines is 1. The number of aromatic nitrogens is 4. The van der Waals surface area contributed by atoms with Crippen LogP contribution in [-0.4, -0.2) is 27.0 Å². The lowest BCUT2D eigenvalue weighted by molar-refractivity contribution is 0.409. The molecule has 9 heteroatoms. The van der Waals surface area contributed by atoms with Crippen molar-refractivity contribution in [3.63, 3.8) is 0 Å². The standard InChI is InChI=1S/C21H18ClF2N5O/c1-10-16(22)7-15(11(2)29-21-18-20(26-8-25-18)27-9-28-21)19(30-3)17(10)12-4-13(23)6-14(24)5-12/h4-9,11H,1-3H3,(H2,25,26,27,28,29). The summed E-state index contributed by atoms with van der Waals surface area (Å²) in [4.78, 5) is 15.5. The van der Waals surface area contributed by atoms with Crippen LogP contribution >= 0.6 is 11.6 Å². The number of methoxy groups -OCH3 is 1. The number of imidazole rings is 1. The predicted molar refractivity (Wildman–Crippen MR) is 112 cm³/mol. The summed E-state index contributed by atoms with van der Waals surface area (Å²) in [5, 5.41) is 3.75. The van der Waals surface area contributed by atoms with Crippen LogP contribution in [-0.2, 0) is 0 Å². The number of fused-ring (bicyclic) bond motifs is 1. The Hall–Kier alpha value is -3.26. The predicted octanol–water partition coefficient (Wildman–Crippen LogP) is 5.44. The summed E-state index contributed by atoms with van der Waals surface area (Å²) >= 11 is 6.49. The van der Waals surface area contributed by atoms with Crippen molar-refractivity contribution in [3.05, 3.63) is 64.7 Å². The third kappa shape index (κ3) is 3.54. The van der Waals surface area contributed by atoms with Crippen LogP contribution in [0.3, 0.4) is 0 Å². The average molecular weight is 430 g/mol. The smallest absolute Gasteiger partial charge is 0.182 e. The van der Waals surface area contributed by atoms with Gasteiger partial charge in [-0.2, -0.15) is 0 Å². The van der Waals surface area contributed by atoms with Crippen LogP contribution in [0.15, 0.2) is 36.9 Å². The van der Waals surface area contributed by atoms with Gasteiger partial charge in [0.25, 0.3) is 0 Å². The van der Waals surface area contributed by atoms with Gasteiger partial charge in [-0.3, -0.25) is 0 Å². The molecule has 1 atom stereocenters. The van der Waals surface area contributed by atoms with Crippen LogP contribution in [0.1, 0.15) is 24.1 Å². The van der Waals surface area contributed by atoms with E-state index in [2.05, 4.69) is 25.3 Å². The van der Waals surface area contributed by atoms with Crippen LogP contribution in [0.5, 0.6) is 5.75 Å². The lowest BCUT2D eigenvalue weighted by Gasteiger charge is -2.23. The summed E-state index contributed by atoms with van der Waals surface area (Å²) in [5.74, 6) is -0.331. The van der Waals surface area contributed by atoms with Gasteiger partial charge < -0.3 is 15.0 Å². The van der Waals surface area contributed by atoms with E-state index in [9.17, 15) is 8.78 Å². The third-order valence-electron chi connectivity index (χ3n) is 4.90. The minimum atomic E-state index is -0.679. The third-order valence-corrected chi connectivity index (χ3v) is 5.30. The van der Waals surface area contributed by atoms with Gasteiger partial charge in [-0.1, -0.05) is 11.6 Å². The Morgan fingerprint density at radius 1 is 1.10 bits per heavy atom. The molecule has 30 heavy (non-hydrogen) atoms. The van der Waals surface area contributed by atoms with Crippen molar-refractivity contribution in [2.75, 3.05) is 12.4 Å². The fourth-order valence-corrected chi connectivity index (χ4v) is 3.70. The highest BCUT2D eigenvalue weighted by Crippen LogP contribution is 2.43. The average Bonchev–Trinajstić information content (AvgIpc) is 3.18. The van der Waals surface area contributed by atoms with Crippen molar-refractivity contribution in [3.8, 4) is 16.9 Å². The summed E-state index contributed by atoms with van der Waals surface area (Å²) in [5.41, 5.74) is 3.43. The molecule has 0 aliphatic carbocycles. The Bertz CT molecular complexity index is 1220. The maximum Gasteiger partial charge on any atom is 0.182 e. The van der Waals surface area contributed by atoms with Gasteiger partial charge in [-0.05, 0) is 43.2 Å². The zero-order chi connectivity index (χ0) is 21.4. The maximum absolute atomic E-state index is 13.9. The Labute approximate surface area is 176 Å². The molecule has 0 radical (unpaired) electrons. The number of H-pyrrole nitrogens is 1. The van der Waals surface area contributed by atoms with Gasteiger partial charge in [0.05, 0.1) is 19.5 Å². The summed E-state index contributed by atoms with van der Waals surface area (Å²) in [6.45, 7) is 3.69.